The van der Waals surface area contributed by atoms with Gasteiger partial charge in [-0.3, -0.25) is 4.79 Å². The quantitative estimate of drug-likeness (QED) is 0.734. The number of carbonyl (C=O) groups excluding carboxylic acids is 1. The van der Waals surface area contributed by atoms with Crippen molar-refractivity contribution in [2.45, 2.75) is 38.2 Å². The fraction of sp³-hybridized carbons (Fsp3) is 0.412. The molecule has 146 valence electrons. The van der Waals surface area contributed by atoms with Crippen molar-refractivity contribution in [3.05, 3.63) is 47.2 Å². The van der Waals surface area contributed by atoms with Gasteiger partial charge in [0.2, 0.25) is 0 Å². The van der Waals surface area contributed by atoms with E-state index in [4.69, 9.17) is 0 Å². The normalized spacial score (nSPS) is 16.3. The number of halogens is 6. The van der Waals surface area contributed by atoms with Crippen LogP contribution in [0.25, 0.3) is 0 Å². The van der Waals surface area contributed by atoms with Gasteiger partial charge in [-0.2, -0.15) is 31.4 Å². The number of alkyl halides is 6. The third-order valence-corrected chi connectivity index (χ3v) is 4.45. The molecule has 1 N–H and O–H groups in total. The number of aromatic nitrogens is 2. The lowest BCUT2D eigenvalue weighted by molar-refractivity contribution is -0.143. The Morgan fingerprint density at radius 1 is 1.11 bits per heavy atom. The lowest BCUT2D eigenvalue weighted by atomic mass is 10.0. The number of amides is 1. The Hall–Kier alpha value is -2.52. The van der Waals surface area contributed by atoms with E-state index >= 15 is 0 Å². The maximum atomic E-state index is 12.9. The minimum atomic E-state index is -5.02. The van der Waals surface area contributed by atoms with Crippen molar-refractivity contribution < 1.29 is 31.1 Å². The average Bonchev–Trinajstić information content (AvgIpc) is 3.32. The molecule has 1 aliphatic rings. The van der Waals surface area contributed by atoms with Gasteiger partial charge in [0.15, 0.2) is 0 Å². The van der Waals surface area contributed by atoms with Gasteiger partial charge < -0.3 is 5.32 Å². The standard InChI is InChI=1S/C17H15F6N3O/c1-9(10-2-3-10)26-14(4-5-24-26)25-15(27)11-6-12(16(18,19)20)8-13(7-11)17(21,22)23/h4-10H,2-3H2,1H3,(H,25,27). The van der Waals surface area contributed by atoms with Crippen LogP contribution in [0.2, 0.25) is 0 Å². The summed E-state index contributed by atoms with van der Waals surface area (Å²) in [6.45, 7) is 1.88. The molecule has 1 aromatic carbocycles. The Bertz CT molecular complexity index is 819. The van der Waals surface area contributed by atoms with Crippen molar-refractivity contribution >= 4 is 11.7 Å². The Balaban J connectivity index is 1.92. The summed E-state index contributed by atoms with van der Waals surface area (Å²) in [4.78, 5) is 12.3. The topological polar surface area (TPSA) is 46.9 Å². The molecule has 1 saturated carbocycles. The second-order valence-electron chi connectivity index (χ2n) is 6.49. The minimum Gasteiger partial charge on any atom is -0.307 e. The largest absolute Gasteiger partial charge is 0.416 e. The molecular formula is C17H15F6N3O. The van der Waals surface area contributed by atoms with E-state index < -0.39 is 35.0 Å². The van der Waals surface area contributed by atoms with Crippen LogP contribution in [0.15, 0.2) is 30.5 Å². The molecule has 2 aromatic rings. The molecule has 1 unspecified atom stereocenters. The predicted octanol–water partition coefficient (Wildman–Crippen LogP) is 5.14. The summed E-state index contributed by atoms with van der Waals surface area (Å²) in [5, 5.41) is 6.43. The number of nitrogens with zero attached hydrogens (tertiary/aromatic N) is 2. The van der Waals surface area contributed by atoms with Crippen molar-refractivity contribution in [3.8, 4) is 0 Å². The first-order valence-electron chi connectivity index (χ1n) is 8.11. The number of anilines is 1. The molecule has 1 atom stereocenters. The van der Waals surface area contributed by atoms with Crippen LogP contribution >= 0.6 is 0 Å². The minimum absolute atomic E-state index is 0.0177. The van der Waals surface area contributed by atoms with E-state index in [0.717, 1.165) is 12.8 Å². The van der Waals surface area contributed by atoms with Gasteiger partial charge in [0, 0.05) is 11.6 Å². The predicted molar refractivity (Wildman–Crippen MR) is 84.1 cm³/mol. The first-order chi connectivity index (χ1) is 12.5. The van der Waals surface area contributed by atoms with Crippen molar-refractivity contribution in [2.75, 3.05) is 5.32 Å². The van der Waals surface area contributed by atoms with Crippen molar-refractivity contribution in [1.29, 1.82) is 0 Å². The molecule has 0 bridgehead atoms. The second kappa shape index (κ2) is 6.58. The zero-order valence-corrected chi connectivity index (χ0v) is 14.0. The highest BCUT2D eigenvalue weighted by atomic mass is 19.4. The SMILES string of the molecule is CC(C1CC1)n1nccc1NC(=O)c1cc(C(F)(F)F)cc(C(F)(F)F)c1. The van der Waals surface area contributed by atoms with Crippen LogP contribution in [0.4, 0.5) is 32.2 Å². The summed E-state index contributed by atoms with van der Waals surface area (Å²) < 4.78 is 79.1. The van der Waals surface area contributed by atoms with Gasteiger partial charge in [-0.15, -0.1) is 0 Å². The zero-order chi connectivity index (χ0) is 20.0. The van der Waals surface area contributed by atoms with Gasteiger partial charge in [-0.05, 0) is 43.9 Å². The van der Waals surface area contributed by atoms with Crippen LogP contribution in [0.5, 0.6) is 0 Å². The van der Waals surface area contributed by atoms with E-state index in [-0.39, 0.29) is 17.9 Å². The molecule has 1 aromatic heterocycles. The van der Waals surface area contributed by atoms with Crippen LogP contribution in [-0.4, -0.2) is 15.7 Å². The van der Waals surface area contributed by atoms with E-state index in [0.29, 0.717) is 18.1 Å². The Labute approximate surface area is 150 Å². The number of hydrogen-bond acceptors (Lipinski definition) is 2. The van der Waals surface area contributed by atoms with E-state index in [9.17, 15) is 31.1 Å². The average molecular weight is 391 g/mol. The molecule has 0 radical (unpaired) electrons. The van der Waals surface area contributed by atoms with Crippen LogP contribution < -0.4 is 5.32 Å². The number of rotatable bonds is 4. The van der Waals surface area contributed by atoms with E-state index in [2.05, 4.69) is 10.4 Å². The Morgan fingerprint density at radius 3 is 2.15 bits per heavy atom. The van der Waals surface area contributed by atoms with Gasteiger partial charge in [-0.1, -0.05) is 0 Å². The summed E-state index contributed by atoms with van der Waals surface area (Å²) in [6, 6.07) is 2.18. The molecule has 1 amide bonds. The summed E-state index contributed by atoms with van der Waals surface area (Å²) in [5.41, 5.74) is -3.81. The summed E-state index contributed by atoms with van der Waals surface area (Å²) >= 11 is 0. The van der Waals surface area contributed by atoms with Crippen LogP contribution in [0.1, 0.15) is 47.3 Å². The van der Waals surface area contributed by atoms with Gasteiger partial charge in [0.25, 0.3) is 5.91 Å². The first kappa shape index (κ1) is 19.2. The molecule has 27 heavy (non-hydrogen) atoms. The Morgan fingerprint density at radius 2 is 1.67 bits per heavy atom. The first-order valence-corrected chi connectivity index (χ1v) is 8.11. The zero-order valence-electron chi connectivity index (χ0n) is 14.0. The van der Waals surface area contributed by atoms with Gasteiger partial charge in [-0.25, -0.2) is 4.68 Å². The van der Waals surface area contributed by atoms with E-state index in [1.807, 2.05) is 6.92 Å². The summed E-state index contributed by atoms with van der Waals surface area (Å²) in [6.07, 6.45) is -6.63. The van der Waals surface area contributed by atoms with Gasteiger partial charge in [0.1, 0.15) is 5.82 Å². The third kappa shape index (κ3) is 4.25. The van der Waals surface area contributed by atoms with E-state index in [1.165, 1.54) is 16.9 Å². The molecule has 1 heterocycles. The highest BCUT2D eigenvalue weighted by Gasteiger charge is 2.37. The lowest BCUT2D eigenvalue weighted by Gasteiger charge is -2.16. The van der Waals surface area contributed by atoms with Crippen LogP contribution in [0, 0.1) is 5.92 Å². The van der Waals surface area contributed by atoms with Gasteiger partial charge in [0.05, 0.1) is 23.4 Å². The lowest BCUT2D eigenvalue weighted by Crippen LogP contribution is -2.20. The third-order valence-electron chi connectivity index (χ3n) is 4.45. The fourth-order valence-corrected chi connectivity index (χ4v) is 2.79. The highest BCUT2D eigenvalue weighted by Crippen LogP contribution is 2.40. The molecule has 1 aliphatic carbocycles. The summed E-state index contributed by atoms with van der Waals surface area (Å²) in [7, 11) is 0. The van der Waals surface area contributed by atoms with Crippen LogP contribution in [0.3, 0.4) is 0 Å². The maximum absolute atomic E-state index is 12.9. The molecule has 1 fully saturated rings. The second-order valence-corrected chi connectivity index (χ2v) is 6.49. The monoisotopic (exact) mass is 391 g/mol. The maximum Gasteiger partial charge on any atom is 0.416 e. The van der Waals surface area contributed by atoms with Crippen molar-refractivity contribution in [1.82, 2.24) is 9.78 Å². The molecule has 3 rings (SSSR count). The molecule has 0 spiro atoms. The molecule has 0 aliphatic heterocycles. The van der Waals surface area contributed by atoms with Crippen molar-refractivity contribution in [2.24, 2.45) is 5.92 Å². The Kier molecular flexibility index (Phi) is 4.69. The molecule has 10 heteroatoms. The fourth-order valence-electron chi connectivity index (χ4n) is 2.79. The van der Waals surface area contributed by atoms with Crippen LogP contribution in [-0.2, 0) is 12.4 Å². The van der Waals surface area contributed by atoms with Gasteiger partial charge >= 0.3 is 12.4 Å². The summed E-state index contributed by atoms with van der Waals surface area (Å²) in [5.74, 6) is -0.479. The smallest absolute Gasteiger partial charge is 0.307 e. The van der Waals surface area contributed by atoms with Crippen molar-refractivity contribution in [3.63, 3.8) is 0 Å². The molecule has 0 saturated heterocycles. The number of carbonyl (C=O) groups is 1. The number of hydrogen-bond donors (Lipinski definition) is 1. The number of nitrogens with one attached hydrogen (secondary N) is 1. The highest BCUT2D eigenvalue weighted by molar-refractivity contribution is 6.04. The molecular weight excluding hydrogens is 376 g/mol. The number of benzene rings is 1. The van der Waals surface area contributed by atoms with E-state index in [1.54, 1.807) is 0 Å². The molecule has 4 nitrogen and oxygen atoms in total.